The third-order valence-corrected chi connectivity index (χ3v) is 3.15. The minimum Gasteiger partial charge on any atom is -0.478 e. The predicted octanol–water partition coefficient (Wildman–Crippen LogP) is 3.14. The Morgan fingerprint density at radius 1 is 1.47 bits per heavy atom. The number of hydrogen-bond acceptors (Lipinski definition) is 4. The molecule has 104 valence electrons. The van der Waals surface area contributed by atoms with E-state index in [1.807, 2.05) is 20.8 Å². The number of anilines is 1. The molecule has 6 nitrogen and oxygen atoms in total. The smallest absolute Gasteiger partial charge is 0.335 e. The molecule has 1 rings (SSSR count). The fraction of sp³-hybridized carbons (Fsp3) is 0.462. The van der Waals surface area contributed by atoms with E-state index in [9.17, 15) is 14.9 Å². The quantitative estimate of drug-likeness (QED) is 0.609. The molecule has 19 heavy (non-hydrogen) atoms. The Morgan fingerprint density at radius 2 is 2.11 bits per heavy atom. The maximum Gasteiger partial charge on any atom is 0.335 e. The maximum absolute atomic E-state index is 10.9. The summed E-state index contributed by atoms with van der Waals surface area (Å²) < 4.78 is 0. The molecule has 0 fully saturated rings. The molecule has 0 aliphatic carbocycles. The number of carbonyl (C=O) groups is 1. The van der Waals surface area contributed by atoms with Crippen LogP contribution in [0.15, 0.2) is 18.2 Å². The average molecular weight is 266 g/mol. The molecule has 1 aromatic rings. The zero-order chi connectivity index (χ0) is 14.6. The molecule has 0 saturated carbocycles. The van der Waals surface area contributed by atoms with Crippen LogP contribution in [0.1, 0.15) is 37.6 Å². The van der Waals surface area contributed by atoms with Crippen molar-refractivity contribution >= 4 is 17.3 Å². The molecule has 0 saturated heterocycles. The summed E-state index contributed by atoms with van der Waals surface area (Å²) in [6, 6.07) is 3.74. The van der Waals surface area contributed by atoms with Crippen molar-refractivity contribution in [2.24, 2.45) is 5.41 Å². The van der Waals surface area contributed by atoms with Gasteiger partial charge in [0.15, 0.2) is 0 Å². The number of nitro groups is 1. The molecular weight excluding hydrogens is 248 g/mol. The van der Waals surface area contributed by atoms with E-state index in [2.05, 4.69) is 5.32 Å². The van der Waals surface area contributed by atoms with Crippen molar-refractivity contribution < 1.29 is 14.8 Å². The van der Waals surface area contributed by atoms with E-state index in [1.165, 1.54) is 18.2 Å². The highest BCUT2D eigenvalue weighted by molar-refractivity contribution is 5.90. The van der Waals surface area contributed by atoms with Gasteiger partial charge < -0.3 is 10.4 Å². The predicted molar refractivity (Wildman–Crippen MR) is 72.6 cm³/mol. The van der Waals surface area contributed by atoms with Crippen molar-refractivity contribution in [1.29, 1.82) is 0 Å². The first kappa shape index (κ1) is 14.9. The number of nitro benzene ring substituents is 1. The van der Waals surface area contributed by atoms with Gasteiger partial charge in [-0.3, -0.25) is 10.1 Å². The molecule has 0 amide bonds. The van der Waals surface area contributed by atoms with Gasteiger partial charge in [-0.15, -0.1) is 0 Å². The van der Waals surface area contributed by atoms with Crippen molar-refractivity contribution in [2.45, 2.75) is 27.2 Å². The molecule has 0 bridgehead atoms. The van der Waals surface area contributed by atoms with Gasteiger partial charge in [-0.25, -0.2) is 4.79 Å². The van der Waals surface area contributed by atoms with Crippen molar-refractivity contribution in [3.8, 4) is 0 Å². The van der Waals surface area contributed by atoms with Crippen LogP contribution in [0, 0.1) is 15.5 Å². The van der Waals surface area contributed by atoms with E-state index in [0.717, 1.165) is 6.42 Å². The fourth-order valence-corrected chi connectivity index (χ4v) is 1.43. The van der Waals surface area contributed by atoms with Gasteiger partial charge in [0, 0.05) is 12.6 Å². The Balaban J connectivity index is 3.04. The second-order valence-corrected chi connectivity index (χ2v) is 5.17. The number of carboxylic acids is 1. The minimum atomic E-state index is -1.10. The largest absolute Gasteiger partial charge is 0.478 e. The number of carboxylic acid groups (broad SMARTS) is 1. The Labute approximate surface area is 111 Å². The molecule has 0 atom stereocenters. The first-order chi connectivity index (χ1) is 8.76. The summed E-state index contributed by atoms with van der Waals surface area (Å²) in [7, 11) is 0. The number of aromatic carboxylic acids is 1. The lowest BCUT2D eigenvalue weighted by Crippen LogP contribution is -2.22. The van der Waals surface area contributed by atoms with Crippen LogP contribution in [-0.4, -0.2) is 22.5 Å². The van der Waals surface area contributed by atoms with Crippen molar-refractivity contribution in [3.63, 3.8) is 0 Å². The summed E-state index contributed by atoms with van der Waals surface area (Å²) in [5, 5.41) is 22.8. The first-order valence-corrected chi connectivity index (χ1v) is 6.02. The summed E-state index contributed by atoms with van der Waals surface area (Å²) in [6.07, 6.45) is 0.909. The Morgan fingerprint density at radius 3 is 2.58 bits per heavy atom. The minimum absolute atomic E-state index is 0.0207. The van der Waals surface area contributed by atoms with E-state index in [-0.39, 0.29) is 22.4 Å². The lowest BCUT2D eigenvalue weighted by atomic mass is 9.90. The van der Waals surface area contributed by atoms with E-state index in [1.54, 1.807) is 0 Å². The molecule has 1 aromatic carbocycles. The van der Waals surface area contributed by atoms with Crippen molar-refractivity contribution in [3.05, 3.63) is 33.9 Å². The SMILES string of the molecule is CCC(C)(C)CNc1cc(C(=O)O)ccc1[N+](=O)[O-]. The van der Waals surface area contributed by atoms with Crippen LogP contribution in [-0.2, 0) is 0 Å². The van der Waals surface area contributed by atoms with Crippen molar-refractivity contribution in [1.82, 2.24) is 0 Å². The molecular formula is C13H18N2O4. The second-order valence-electron chi connectivity index (χ2n) is 5.17. The summed E-state index contributed by atoms with van der Waals surface area (Å²) in [5.41, 5.74) is 0.137. The van der Waals surface area contributed by atoms with Crippen LogP contribution in [0.2, 0.25) is 0 Å². The Hall–Kier alpha value is -2.11. The Kier molecular flexibility index (Phi) is 4.47. The zero-order valence-corrected chi connectivity index (χ0v) is 11.3. The lowest BCUT2D eigenvalue weighted by molar-refractivity contribution is -0.384. The number of nitrogens with zero attached hydrogens (tertiary/aromatic N) is 1. The normalized spacial score (nSPS) is 11.1. The molecule has 6 heteroatoms. The molecule has 0 unspecified atom stereocenters. The third-order valence-electron chi connectivity index (χ3n) is 3.15. The van der Waals surface area contributed by atoms with E-state index < -0.39 is 10.9 Å². The topological polar surface area (TPSA) is 92.5 Å². The van der Waals surface area contributed by atoms with Gasteiger partial charge >= 0.3 is 5.97 Å². The standard InChI is InChI=1S/C13H18N2O4/c1-4-13(2,3)8-14-10-7-9(12(16)17)5-6-11(10)15(18)19/h5-7,14H,4,8H2,1-3H3,(H,16,17). The summed E-state index contributed by atoms with van der Waals surface area (Å²) in [5.74, 6) is -1.10. The van der Waals surface area contributed by atoms with Gasteiger partial charge in [-0.2, -0.15) is 0 Å². The molecule has 0 heterocycles. The average Bonchev–Trinajstić information content (AvgIpc) is 2.35. The number of hydrogen-bond donors (Lipinski definition) is 2. The molecule has 0 aliphatic heterocycles. The summed E-state index contributed by atoms with van der Waals surface area (Å²) >= 11 is 0. The second kappa shape index (κ2) is 5.69. The maximum atomic E-state index is 10.9. The highest BCUT2D eigenvalue weighted by Gasteiger charge is 2.20. The molecule has 0 radical (unpaired) electrons. The molecule has 2 N–H and O–H groups in total. The van der Waals surface area contributed by atoms with Crippen LogP contribution >= 0.6 is 0 Å². The van der Waals surface area contributed by atoms with Gasteiger partial charge in [0.1, 0.15) is 5.69 Å². The van der Waals surface area contributed by atoms with Gasteiger partial charge in [0.25, 0.3) is 5.69 Å². The first-order valence-electron chi connectivity index (χ1n) is 6.02. The third kappa shape index (κ3) is 3.94. The van der Waals surface area contributed by atoms with Crippen LogP contribution in [0.3, 0.4) is 0 Å². The monoisotopic (exact) mass is 266 g/mol. The molecule has 0 aliphatic rings. The highest BCUT2D eigenvalue weighted by Crippen LogP contribution is 2.28. The summed E-state index contributed by atoms with van der Waals surface area (Å²) in [4.78, 5) is 21.3. The zero-order valence-electron chi connectivity index (χ0n) is 11.3. The van der Waals surface area contributed by atoms with Crippen LogP contribution in [0.5, 0.6) is 0 Å². The highest BCUT2D eigenvalue weighted by atomic mass is 16.6. The number of benzene rings is 1. The molecule has 0 aromatic heterocycles. The van der Waals surface area contributed by atoms with Crippen LogP contribution in [0.25, 0.3) is 0 Å². The lowest BCUT2D eigenvalue weighted by Gasteiger charge is -2.23. The molecule has 0 spiro atoms. The van der Waals surface area contributed by atoms with Crippen molar-refractivity contribution in [2.75, 3.05) is 11.9 Å². The summed E-state index contributed by atoms with van der Waals surface area (Å²) in [6.45, 7) is 6.64. The van der Waals surface area contributed by atoms with Crippen LogP contribution < -0.4 is 5.32 Å². The van der Waals surface area contributed by atoms with Gasteiger partial charge in [-0.1, -0.05) is 20.8 Å². The van der Waals surface area contributed by atoms with E-state index in [0.29, 0.717) is 6.54 Å². The number of rotatable bonds is 6. The fourth-order valence-electron chi connectivity index (χ4n) is 1.43. The van der Waals surface area contributed by atoms with E-state index >= 15 is 0 Å². The Bertz CT molecular complexity index is 497. The number of nitrogens with one attached hydrogen (secondary N) is 1. The van der Waals surface area contributed by atoms with Gasteiger partial charge in [0.05, 0.1) is 10.5 Å². The van der Waals surface area contributed by atoms with Gasteiger partial charge in [0.2, 0.25) is 0 Å². The van der Waals surface area contributed by atoms with E-state index in [4.69, 9.17) is 5.11 Å². The van der Waals surface area contributed by atoms with Crippen LogP contribution in [0.4, 0.5) is 11.4 Å². The van der Waals surface area contributed by atoms with Gasteiger partial charge in [-0.05, 0) is 24.0 Å².